The Bertz CT molecular complexity index is 673. The fourth-order valence-corrected chi connectivity index (χ4v) is 2.55. The third kappa shape index (κ3) is 3.37. The molecule has 0 saturated carbocycles. The molecule has 0 amide bonds. The van der Waals surface area contributed by atoms with Crippen molar-refractivity contribution in [3.8, 4) is 16.9 Å². The van der Waals surface area contributed by atoms with Gasteiger partial charge < -0.3 is 4.74 Å². The van der Waals surface area contributed by atoms with Crippen LogP contribution in [0, 0.1) is 32.4 Å². The topological polar surface area (TPSA) is 9.23 Å². The Labute approximate surface area is 124 Å². The Morgan fingerprint density at radius 3 is 1.68 bits per heavy atom. The zero-order chi connectivity index (χ0) is 16.7. The quantitative estimate of drug-likeness (QED) is 0.669. The highest BCUT2D eigenvalue weighted by Gasteiger charge is 2.34. The Balaban J connectivity index is 2.56. The van der Waals surface area contributed by atoms with Crippen molar-refractivity contribution in [1.29, 1.82) is 0 Å². The largest absolute Gasteiger partial charge is 0.573 e. The van der Waals surface area contributed by atoms with Crippen molar-refractivity contribution < 1.29 is 26.7 Å². The van der Waals surface area contributed by atoms with Crippen LogP contribution < -0.4 is 4.74 Å². The summed E-state index contributed by atoms with van der Waals surface area (Å²) in [5.41, 5.74) is 3.29. The van der Waals surface area contributed by atoms with Crippen molar-refractivity contribution >= 4 is 0 Å². The fourth-order valence-electron chi connectivity index (χ4n) is 2.55. The molecule has 0 aliphatic carbocycles. The van der Waals surface area contributed by atoms with Crippen LogP contribution >= 0.6 is 0 Å². The summed E-state index contributed by atoms with van der Waals surface area (Å²) in [5.74, 6) is -4.24. The number of hydrogen-bond acceptors (Lipinski definition) is 1. The number of benzene rings is 2. The van der Waals surface area contributed by atoms with Crippen LogP contribution in [0.3, 0.4) is 0 Å². The molecule has 22 heavy (non-hydrogen) atoms. The molecule has 0 bridgehead atoms. The molecule has 0 aromatic heterocycles. The first-order chi connectivity index (χ1) is 10.1. The van der Waals surface area contributed by atoms with Gasteiger partial charge in [-0.05, 0) is 55.2 Å². The Morgan fingerprint density at radius 1 is 0.818 bits per heavy atom. The van der Waals surface area contributed by atoms with E-state index < -0.39 is 23.7 Å². The van der Waals surface area contributed by atoms with Gasteiger partial charge in [0.15, 0.2) is 11.6 Å². The predicted molar refractivity (Wildman–Crippen MR) is 72.7 cm³/mol. The first-order valence-electron chi connectivity index (χ1n) is 6.41. The summed E-state index contributed by atoms with van der Waals surface area (Å²) in [7, 11) is 0. The van der Waals surface area contributed by atoms with Gasteiger partial charge in [-0.2, -0.15) is 0 Å². The van der Waals surface area contributed by atoms with Gasteiger partial charge in [0.1, 0.15) is 0 Å². The molecule has 0 saturated heterocycles. The highest BCUT2D eigenvalue weighted by atomic mass is 19.4. The average Bonchev–Trinajstić information content (AvgIpc) is 2.31. The lowest BCUT2D eigenvalue weighted by atomic mass is 9.93. The summed E-state index contributed by atoms with van der Waals surface area (Å²) in [6, 6.07) is 5.35. The van der Waals surface area contributed by atoms with Crippen LogP contribution in [-0.4, -0.2) is 6.36 Å². The minimum atomic E-state index is -5.15. The number of alkyl halides is 3. The Hall–Kier alpha value is -2.11. The van der Waals surface area contributed by atoms with Crippen molar-refractivity contribution in [2.75, 3.05) is 0 Å². The van der Waals surface area contributed by atoms with E-state index in [9.17, 15) is 22.0 Å². The molecule has 0 unspecified atom stereocenters. The third-order valence-electron chi connectivity index (χ3n) is 3.18. The average molecular weight is 316 g/mol. The molecule has 0 aliphatic rings. The Kier molecular flexibility index (Phi) is 4.13. The van der Waals surface area contributed by atoms with Crippen LogP contribution in [0.25, 0.3) is 11.1 Å². The van der Waals surface area contributed by atoms with Gasteiger partial charge >= 0.3 is 6.36 Å². The molecule has 118 valence electrons. The van der Waals surface area contributed by atoms with Gasteiger partial charge in [0.2, 0.25) is 5.75 Å². The molecule has 2 aromatic carbocycles. The third-order valence-corrected chi connectivity index (χ3v) is 3.18. The number of hydrogen-bond donors (Lipinski definition) is 0. The smallest absolute Gasteiger partial charge is 0.399 e. The standard InChI is InChI=1S/C16H13F5O/c1-8-4-9(2)14(10(3)5-8)11-6-12(17)15(13(18)7-11)22-16(19,20)21/h4-7H,1-3H3. The minimum Gasteiger partial charge on any atom is -0.399 e. The van der Waals surface area contributed by atoms with Crippen molar-refractivity contribution in [3.05, 3.63) is 52.6 Å². The monoisotopic (exact) mass is 316 g/mol. The fraction of sp³-hybridized carbons (Fsp3) is 0.250. The molecule has 0 radical (unpaired) electrons. The van der Waals surface area contributed by atoms with E-state index in [0.717, 1.165) is 28.8 Å². The normalized spacial score (nSPS) is 11.6. The van der Waals surface area contributed by atoms with E-state index in [0.29, 0.717) is 5.56 Å². The lowest BCUT2D eigenvalue weighted by Crippen LogP contribution is -2.19. The molecule has 2 rings (SSSR count). The first-order valence-corrected chi connectivity index (χ1v) is 6.41. The van der Waals surface area contributed by atoms with Crippen LogP contribution in [-0.2, 0) is 0 Å². The Morgan fingerprint density at radius 2 is 1.27 bits per heavy atom. The predicted octanol–water partition coefficient (Wildman–Crippen LogP) is 5.46. The maximum absolute atomic E-state index is 13.8. The van der Waals surface area contributed by atoms with Crippen LogP contribution in [0.1, 0.15) is 16.7 Å². The summed E-state index contributed by atoms with van der Waals surface area (Å²) in [5, 5.41) is 0. The number of ether oxygens (including phenoxy) is 1. The summed E-state index contributed by atoms with van der Waals surface area (Å²) < 4.78 is 67.4. The van der Waals surface area contributed by atoms with E-state index in [1.165, 1.54) is 0 Å². The first kappa shape index (κ1) is 16.3. The number of rotatable bonds is 2. The minimum absolute atomic E-state index is 0.166. The summed E-state index contributed by atoms with van der Waals surface area (Å²) in [6.07, 6.45) is -5.15. The second-order valence-corrected chi connectivity index (χ2v) is 5.09. The molecule has 0 atom stereocenters. The molecule has 0 spiro atoms. The summed E-state index contributed by atoms with van der Waals surface area (Å²) >= 11 is 0. The highest BCUT2D eigenvalue weighted by molar-refractivity contribution is 5.72. The SMILES string of the molecule is Cc1cc(C)c(-c2cc(F)c(OC(F)(F)F)c(F)c2)c(C)c1. The van der Waals surface area contributed by atoms with Gasteiger partial charge in [-0.25, -0.2) is 8.78 Å². The summed E-state index contributed by atoms with van der Waals surface area (Å²) in [4.78, 5) is 0. The molecule has 0 aliphatic heterocycles. The van der Waals surface area contributed by atoms with E-state index in [1.807, 2.05) is 19.1 Å². The van der Waals surface area contributed by atoms with E-state index in [2.05, 4.69) is 4.74 Å². The van der Waals surface area contributed by atoms with Crippen LogP contribution in [0.4, 0.5) is 22.0 Å². The van der Waals surface area contributed by atoms with E-state index >= 15 is 0 Å². The van der Waals surface area contributed by atoms with E-state index in [1.54, 1.807) is 13.8 Å². The van der Waals surface area contributed by atoms with E-state index in [4.69, 9.17) is 0 Å². The van der Waals surface area contributed by atoms with Crippen molar-refractivity contribution in [2.45, 2.75) is 27.1 Å². The molecular formula is C16H13F5O. The van der Waals surface area contributed by atoms with Crippen molar-refractivity contribution in [1.82, 2.24) is 0 Å². The lowest BCUT2D eigenvalue weighted by molar-refractivity contribution is -0.276. The molecule has 2 aromatic rings. The van der Waals surface area contributed by atoms with Gasteiger partial charge in [0, 0.05) is 0 Å². The summed E-state index contributed by atoms with van der Waals surface area (Å²) in [6.45, 7) is 5.42. The second-order valence-electron chi connectivity index (χ2n) is 5.09. The van der Waals surface area contributed by atoms with Gasteiger partial charge in [0.05, 0.1) is 0 Å². The zero-order valence-corrected chi connectivity index (χ0v) is 12.1. The van der Waals surface area contributed by atoms with Crippen LogP contribution in [0.5, 0.6) is 5.75 Å². The van der Waals surface area contributed by atoms with E-state index in [-0.39, 0.29) is 5.56 Å². The van der Waals surface area contributed by atoms with Gasteiger partial charge in [0.25, 0.3) is 0 Å². The molecule has 0 heterocycles. The van der Waals surface area contributed by atoms with Crippen LogP contribution in [0.2, 0.25) is 0 Å². The lowest BCUT2D eigenvalue weighted by Gasteiger charge is -2.15. The van der Waals surface area contributed by atoms with Crippen LogP contribution in [0.15, 0.2) is 24.3 Å². The molecular weight excluding hydrogens is 303 g/mol. The molecule has 6 heteroatoms. The molecule has 1 nitrogen and oxygen atoms in total. The number of halogens is 5. The van der Waals surface area contributed by atoms with Crippen molar-refractivity contribution in [2.24, 2.45) is 0 Å². The molecule has 0 N–H and O–H groups in total. The highest BCUT2D eigenvalue weighted by Crippen LogP contribution is 2.35. The molecule has 0 fully saturated rings. The van der Waals surface area contributed by atoms with Gasteiger partial charge in [-0.15, -0.1) is 13.2 Å². The van der Waals surface area contributed by atoms with Gasteiger partial charge in [-0.1, -0.05) is 17.7 Å². The maximum atomic E-state index is 13.8. The van der Waals surface area contributed by atoms with Crippen molar-refractivity contribution in [3.63, 3.8) is 0 Å². The van der Waals surface area contributed by atoms with Gasteiger partial charge in [-0.3, -0.25) is 0 Å². The maximum Gasteiger partial charge on any atom is 0.573 e. The number of aryl methyl sites for hydroxylation is 3. The zero-order valence-electron chi connectivity index (χ0n) is 12.1. The second kappa shape index (κ2) is 5.59.